The van der Waals surface area contributed by atoms with Crippen LogP contribution >= 0.6 is 0 Å². The summed E-state index contributed by atoms with van der Waals surface area (Å²) in [7, 11) is 0. The zero-order valence-electron chi connectivity index (χ0n) is 11.5. The zero-order valence-corrected chi connectivity index (χ0v) is 11.5. The summed E-state index contributed by atoms with van der Waals surface area (Å²) >= 11 is 0. The number of allylic oxidation sites excluding steroid dienone is 2. The number of hydrogen-bond acceptors (Lipinski definition) is 2. The van der Waals surface area contributed by atoms with Crippen molar-refractivity contribution >= 4 is 6.08 Å². The molecule has 1 fully saturated rings. The van der Waals surface area contributed by atoms with Gasteiger partial charge in [0.1, 0.15) is 0 Å². The third-order valence-electron chi connectivity index (χ3n) is 3.43. The van der Waals surface area contributed by atoms with Gasteiger partial charge in [-0.05, 0) is 30.9 Å². The molecular formula is C15H22N2O. The Morgan fingerprint density at radius 3 is 3.00 bits per heavy atom. The molecule has 2 rings (SSSR count). The van der Waals surface area contributed by atoms with Gasteiger partial charge in [0.25, 0.3) is 0 Å². The first-order valence-electron chi connectivity index (χ1n) is 6.58. The molecule has 3 nitrogen and oxygen atoms in total. The van der Waals surface area contributed by atoms with Crippen molar-refractivity contribution in [3.05, 3.63) is 35.7 Å². The van der Waals surface area contributed by atoms with E-state index in [0.717, 1.165) is 30.9 Å². The molecule has 98 valence electrons. The van der Waals surface area contributed by atoms with Gasteiger partial charge in [0, 0.05) is 12.8 Å². The standard InChI is InChI=1S/C15H22N2O/c1-11(2)12(3)5-6-15-13(4)9-17(16-15)14-7-8-18-10-14/h5-6,9,11,14H,3,7-8,10H2,1-2,4H3/b6-5-. The lowest BCUT2D eigenvalue weighted by Gasteiger charge is -2.06. The Morgan fingerprint density at radius 1 is 1.61 bits per heavy atom. The molecule has 0 N–H and O–H groups in total. The molecule has 1 aliphatic rings. The van der Waals surface area contributed by atoms with E-state index < -0.39 is 0 Å². The van der Waals surface area contributed by atoms with Crippen LogP contribution in [0.2, 0.25) is 0 Å². The molecule has 1 unspecified atom stereocenters. The van der Waals surface area contributed by atoms with Gasteiger partial charge in [-0.3, -0.25) is 4.68 Å². The quantitative estimate of drug-likeness (QED) is 0.761. The molecule has 18 heavy (non-hydrogen) atoms. The van der Waals surface area contributed by atoms with Crippen LogP contribution in [0.5, 0.6) is 0 Å². The topological polar surface area (TPSA) is 27.1 Å². The van der Waals surface area contributed by atoms with E-state index in [0.29, 0.717) is 12.0 Å². The van der Waals surface area contributed by atoms with Gasteiger partial charge in [-0.1, -0.05) is 32.1 Å². The monoisotopic (exact) mass is 246 g/mol. The lowest BCUT2D eigenvalue weighted by atomic mass is 10.0. The molecule has 0 spiro atoms. The van der Waals surface area contributed by atoms with Crippen LogP contribution in [0.1, 0.15) is 37.6 Å². The van der Waals surface area contributed by atoms with Gasteiger partial charge in [0.2, 0.25) is 0 Å². The Kier molecular flexibility index (Phi) is 4.02. The minimum atomic E-state index is 0.402. The van der Waals surface area contributed by atoms with E-state index >= 15 is 0 Å². The SMILES string of the molecule is C=C(/C=C\c1nn(C2CCOC2)cc1C)C(C)C. The zero-order chi connectivity index (χ0) is 13.1. The van der Waals surface area contributed by atoms with E-state index in [9.17, 15) is 0 Å². The number of aryl methyl sites for hydroxylation is 1. The van der Waals surface area contributed by atoms with E-state index in [2.05, 4.69) is 50.8 Å². The third-order valence-corrected chi connectivity index (χ3v) is 3.43. The highest BCUT2D eigenvalue weighted by atomic mass is 16.5. The van der Waals surface area contributed by atoms with Crippen molar-refractivity contribution in [2.75, 3.05) is 13.2 Å². The first-order chi connectivity index (χ1) is 8.58. The van der Waals surface area contributed by atoms with Gasteiger partial charge in [0.15, 0.2) is 0 Å². The first-order valence-corrected chi connectivity index (χ1v) is 6.58. The Morgan fingerprint density at radius 2 is 2.39 bits per heavy atom. The van der Waals surface area contributed by atoms with Gasteiger partial charge in [-0.25, -0.2) is 0 Å². The van der Waals surface area contributed by atoms with Gasteiger partial charge >= 0.3 is 0 Å². The maximum Gasteiger partial charge on any atom is 0.0880 e. The smallest absolute Gasteiger partial charge is 0.0880 e. The van der Waals surface area contributed by atoms with E-state index in [1.807, 2.05) is 4.68 Å². The lowest BCUT2D eigenvalue weighted by molar-refractivity contribution is 0.184. The fraction of sp³-hybridized carbons (Fsp3) is 0.533. The van der Waals surface area contributed by atoms with Gasteiger partial charge in [0.05, 0.1) is 18.3 Å². The fourth-order valence-electron chi connectivity index (χ4n) is 1.96. The molecular weight excluding hydrogens is 224 g/mol. The highest BCUT2D eigenvalue weighted by Crippen LogP contribution is 2.20. The fourth-order valence-corrected chi connectivity index (χ4v) is 1.96. The van der Waals surface area contributed by atoms with E-state index in [4.69, 9.17) is 4.74 Å². The van der Waals surface area contributed by atoms with Crippen molar-refractivity contribution in [2.45, 2.75) is 33.2 Å². The predicted molar refractivity (Wildman–Crippen MR) is 74.4 cm³/mol. The number of rotatable bonds is 4. The predicted octanol–water partition coefficient (Wildman–Crippen LogP) is 3.38. The summed E-state index contributed by atoms with van der Waals surface area (Å²) < 4.78 is 7.44. The average molecular weight is 246 g/mol. The number of ether oxygens (including phenoxy) is 1. The lowest BCUT2D eigenvalue weighted by Crippen LogP contribution is -2.08. The van der Waals surface area contributed by atoms with E-state index in [1.165, 1.54) is 5.56 Å². The normalized spacial score (nSPS) is 20.1. The second-order valence-corrected chi connectivity index (χ2v) is 5.26. The molecule has 1 aliphatic heterocycles. The molecule has 2 heterocycles. The van der Waals surface area contributed by atoms with Crippen LogP contribution in [-0.4, -0.2) is 23.0 Å². The van der Waals surface area contributed by atoms with Gasteiger partial charge in [-0.2, -0.15) is 5.10 Å². The van der Waals surface area contributed by atoms with Crippen LogP contribution < -0.4 is 0 Å². The van der Waals surface area contributed by atoms with Crippen LogP contribution in [0.4, 0.5) is 0 Å². The average Bonchev–Trinajstić information content (AvgIpc) is 2.94. The first kappa shape index (κ1) is 13.1. The van der Waals surface area contributed by atoms with E-state index in [-0.39, 0.29) is 0 Å². The van der Waals surface area contributed by atoms with Crippen LogP contribution in [0, 0.1) is 12.8 Å². The molecule has 0 aromatic carbocycles. The minimum absolute atomic E-state index is 0.402. The van der Waals surface area contributed by atoms with Crippen molar-refractivity contribution in [2.24, 2.45) is 5.92 Å². The van der Waals surface area contributed by atoms with Crippen molar-refractivity contribution in [3.63, 3.8) is 0 Å². The van der Waals surface area contributed by atoms with Crippen LogP contribution in [0.15, 0.2) is 24.4 Å². The molecule has 1 aromatic rings. The number of hydrogen-bond donors (Lipinski definition) is 0. The van der Waals surface area contributed by atoms with Crippen LogP contribution in [0.3, 0.4) is 0 Å². The summed E-state index contributed by atoms with van der Waals surface area (Å²) in [6.45, 7) is 12.1. The van der Waals surface area contributed by atoms with Crippen molar-refractivity contribution in [1.29, 1.82) is 0 Å². The minimum Gasteiger partial charge on any atom is -0.379 e. The number of aromatic nitrogens is 2. The summed E-state index contributed by atoms with van der Waals surface area (Å²) in [4.78, 5) is 0. The second-order valence-electron chi connectivity index (χ2n) is 5.26. The number of nitrogens with zero attached hydrogens (tertiary/aromatic N) is 2. The Balaban J connectivity index is 2.11. The summed E-state index contributed by atoms with van der Waals surface area (Å²) in [6, 6.07) is 0.402. The summed E-state index contributed by atoms with van der Waals surface area (Å²) in [5.74, 6) is 0.479. The summed E-state index contributed by atoms with van der Waals surface area (Å²) in [5.41, 5.74) is 3.37. The Labute approximate surface area is 109 Å². The summed E-state index contributed by atoms with van der Waals surface area (Å²) in [6.07, 6.45) is 7.29. The van der Waals surface area contributed by atoms with Crippen molar-refractivity contribution in [3.8, 4) is 0 Å². The second kappa shape index (κ2) is 5.53. The Hall–Kier alpha value is -1.35. The van der Waals surface area contributed by atoms with Gasteiger partial charge in [-0.15, -0.1) is 0 Å². The highest BCUT2D eigenvalue weighted by Gasteiger charge is 2.18. The maximum absolute atomic E-state index is 5.40. The van der Waals surface area contributed by atoms with Crippen molar-refractivity contribution < 1.29 is 4.74 Å². The summed E-state index contributed by atoms with van der Waals surface area (Å²) in [5, 5.41) is 4.63. The molecule has 0 aliphatic carbocycles. The van der Waals surface area contributed by atoms with Gasteiger partial charge < -0.3 is 4.74 Å². The Bertz CT molecular complexity index is 451. The molecule has 1 atom stereocenters. The molecule has 1 aromatic heterocycles. The highest BCUT2D eigenvalue weighted by molar-refractivity contribution is 5.52. The molecule has 0 amide bonds. The maximum atomic E-state index is 5.40. The third kappa shape index (κ3) is 2.91. The van der Waals surface area contributed by atoms with E-state index in [1.54, 1.807) is 0 Å². The molecule has 3 heteroatoms. The molecule has 1 saturated heterocycles. The van der Waals surface area contributed by atoms with Crippen LogP contribution in [-0.2, 0) is 4.74 Å². The van der Waals surface area contributed by atoms with Crippen molar-refractivity contribution in [1.82, 2.24) is 9.78 Å². The largest absolute Gasteiger partial charge is 0.379 e. The molecule has 0 saturated carbocycles. The molecule has 0 radical (unpaired) electrons. The molecule has 0 bridgehead atoms. The van der Waals surface area contributed by atoms with Crippen LogP contribution in [0.25, 0.3) is 6.08 Å².